The lowest BCUT2D eigenvalue weighted by atomic mass is 10.1. The van der Waals surface area contributed by atoms with Crippen molar-refractivity contribution in [3.63, 3.8) is 0 Å². The third-order valence-electron chi connectivity index (χ3n) is 2.37. The molecule has 1 aliphatic rings. The fourth-order valence-corrected chi connectivity index (χ4v) is 2.69. The lowest BCUT2D eigenvalue weighted by Gasteiger charge is -2.01. The van der Waals surface area contributed by atoms with Gasteiger partial charge < -0.3 is 5.73 Å². The normalized spacial score (nSPS) is 21.6. The smallest absolute Gasteiger partial charge is 0.180 e. The highest BCUT2D eigenvalue weighted by atomic mass is 32.1. The van der Waals surface area contributed by atoms with E-state index in [1.807, 2.05) is 0 Å². The molecular formula is C9H11N3S. The average Bonchev–Trinajstić information content (AvgIpc) is 2.37. The first-order chi connectivity index (χ1) is 6.31. The molecule has 1 unspecified atom stereocenters. The molecule has 1 atom stereocenters. The fraction of sp³-hybridized carbons (Fsp3) is 0.556. The van der Waals surface area contributed by atoms with E-state index >= 15 is 0 Å². The number of rotatable bonds is 0. The third kappa shape index (κ3) is 1.52. The second-order valence-electron chi connectivity index (χ2n) is 3.29. The number of aryl methyl sites for hydroxylation is 1. The van der Waals surface area contributed by atoms with Crippen LogP contribution in [-0.4, -0.2) is 4.98 Å². The second-order valence-corrected chi connectivity index (χ2v) is 4.35. The molecule has 0 fully saturated rings. The lowest BCUT2D eigenvalue weighted by Crippen LogP contribution is -1.92. The van der Waals surface area contributed by atoms with E-state index < -0.39 is 0 Å². The van der Waals surface area contributed by atoms with Gasteiger partial charge in [0.05, 0.1) is 17.7 Å². The standard InChI is InChI=1S/C9H11N3S/c10-5-6-3-1-2-4-7-8(6)13-9(11)12-7/h6H,1-4H2,(H2,11,12). The highest BCUT2D eigenvalue weighted by molar-refractivity contribution is 7.15. The van der Waals surface area contributed by atoms with E-state index in [1.165, 1.54) is 11.3 Å². The molecule has 0 saturated heterocycles. The molecule has 2 rings (SSSR count). The van der Waals surface area contributed by atoms with E-state index in [0.717, 1.165) is 36.3 Å². The summed E-state index contributed by atoms with van der Waals surface area (Å²) < 4.78 is 0. The largest absolute Gasteiger partial charge is 0.375 e. The van der Waals surface area contributed by atoms with E-state index in [0.29, 0.717) is 5.13 Å². The van der Waals surface area contributed by atoms with Gasteiger partial charge in [-0.3, -0.25) is 0 Å². The van der Waals surface area contributed by atoms with E-state index in [9.17, 15) is 0 Å². The topological polar surface area (TPSA) is 62.7 Å². The molecule has 0 spiro atoms. The summed E-state index contributed by atoms with van der Waals surface area (Å²) in [4.78, 5) is 5.36. The highest BCUT2D eigenvalue weighted by Gasteiger charge is 2.21. The Morgan fingerprint density at radius 2 is 2.38 bits per heavy atom. The molecule has 0 aliphatic heterocycles. The number of nitrogens with zero attached hydrogens (tertiary/aromatic N) is 2. The van der Waals surface area contributed by atoms with Gasteiger partial charge in [-0.25, -0.2) is 4.98 Å². The van der Waals surface area contributed by atoms with Gasteiger partial charge in [0.25, 0.3) is 0 Å². The minimum absolute atomic E-state index is 0.0345. The number of nitrogen functional groups attached to an aromatic ring is 1. The number of aromatic nitrogens is 1. The first-order valence-corrected chi connectivity index (χ1v) is 5.27. The van der Waals surface area contributed by atoms with Crippen LogP contribution in [0, 0.1) is 11.3 Å². The monoisotopic (exact) mass is 193 g/mol. The number of thiazole rings is 1. The van der Waals surface area contributed by atoms with Gasteiger partial charge in [-0.2, -0.15) is 5.26 Å². The third-order valence-corrected chi connectivity index (χ3v) is 3.41. The Kier molecular flexibility index (Phi) is 2.19. The maximum atomic E-state index is 8.96. The molecule has 0 amide bonds. The van der Waals surface area contributed by atoms with Gasteiger partial charge in [0.1, 0.15) is 0 Å². The molecule has 1 aromatic heterocycles. The number of hydrogen-bond acceptors (Lipinski definition) is 4. The SMILES string of the molecule is N#CC1CCCCc2nc(N)sc21. The Hall–Kier alpha value is -1.08. The van der Waals surface area contributed by atoms with Gasteiger partial charge in [-0.1, -0.05) is 6.42 Å². The van der Waals surface area contributed by atoms with Crippen molar-refractivity contribution in [1.82, 2.24) is 4.98 Å². The predicted octanol–water partition coefficient (Wildman–Crippen LogP) is 2.06. The van der Waals surface area contributed by atoms with Crippen LogP contribution in [0.2, 0.25) is 0 Å². The minimum atomic E-state index is 0.0345. The van der Waals surface area contributed by atoms with Crippen LogP contribution in [0.4, 0.5) is 5.13 Å². The van der Waals surface area contributed by atoms with Gasteiger partial charge in [0.2, 0.25) is 0 Å². The zero-order chi connectivity index (χ0) is 9.26. The molecule has 0 aromatic carbocycles. The Bertz CT molecular complexity index is 350. The summed E-state index contributed by atoms with van der Waals surface area (Å²) in [6.45, 7) is 0. The zero-order valence-corrected chi connectivity index (χ0v) is 8.10. The zero-order valence-electron chi connectivity index (χ0n) is 7.29. The Morgan fingerprint density at radius 1 is 1.54 bits per heavy atom. The maximum absolute atomic E-state index is 8.96. The molecular weight excluding hydrogens is 182 g/mol. The molecule has 1 aliphatic carbocycles. The van der Waals surface area contributed by atoms with Crippen molar-refractivity contribution in [2.24, 2.45) is 0 Å². The van der Waals surface area contributed by atoms with Crippen molar-refractivity contribution >= 4 is 16.5 Å². The average molecular weight is 193 g/mol. The summed E-state index contributed by atoms with van der Waals surface area (Å²) in [7, 11) is 0. The summed E-state index contributed by atoms with van der Waals surface area (Å²) in [5.74, 6) is 0.0345. The Morgan fingerprint density at radius 3 is 3.15 bits per heavy atom. The molecule has 0 saturated carbocycles. The second kappa shape index (κ2) is 3.35. The van der Waals surface area contributed by atoms with Crippen LogP contribution in [0.3, 0.4) is 0 Å². The van der Waals surface area contributed by atoms with Crippen LogP contribution >= 0.6 is 11.3 Å². The van der Waals surface area contributed by atoms with E-state index in [4.69, 9.17) is 11.0 Å². The summed E-state index contributed by atoms with van der Waals surface area (Å²) in [5.41, 5.74) is 6.69. The minimum Gasteiger partial charge on any atom is -0.375 e. The van der Waals surface area contributed by atoms with Gasteiger partial charge >= 0.3 is 0 Å². The first kappa shape index (κ1) is 8.52. The molecule has 2 N–H and O–H groups in total. The molecule has 1 aromatic rings. The van der Waals surface area contributed by atoms with Crippen LogP contribution in [0.5, 0.6) is 0 Å². The predicted molar refractivity (Wildman–Crippen MR) is 52.4 cm³/mol. The first-order valence-electron chi connectivity index (χ1n) is 4.46. The van der Waals surface area contributed by atoms with Crippen LogP contribution < -0.4 is 5.73 Å². The Balaban J connectivity index is 2.41. The van der Waals surface area contributed by atoms with Crippen LogP contribution in [0.15, 0.2) is 0 Å². The quantitative estimate of drug-likeness (QED) is 0.641. The number of hydrogen-bond donors (Lipinski definition) is 1. The summed E-state index contributed by atoms with van der Waals surface area (Å²) >= 11 is 1.48. The molecule has 68 valence electrons. The van der Waals surface area contributed by atoms with Crippen molar-refractivity contribution in [1.29, 1.82) is 5.26 Å². The number of fused-ring (bicyclic) bond motifs is 1. The fourth-order valence-electron chi connectivity index (χ4n) is 1.73. The van der Waals surface area contributed by atoms with E-state index in [2.05, 4.69) is 11.1 Å². The number of nitriles is 1. The van der Waals surface area contributed by atoms with Crippen molar-refractivity contribution < 1.29 is 0 Å². The summed E-state index contributed by atoms with van der Waals surface area (Å²) in [6.07, 6.45) is 4.21. The molecule has 4 heteroatoms. The molecule has 3 nitrogen and oxygen atoms in total. The van der Waals surface area contributed by atoms with Crippen LogP contribution in [-0.2, 0) is 6.42 Å². The number of anilines is 1. The summed E-state index contributed by atoms with van der Waals surface area (Å²) in [5, 5.41) is 9.56. The van der Waals surface area contributed by atoms with Crippen LogP contribution in [0.25, 0.3) is 0 Å². The van der Waals surface area contributed by atoms with Crippen molar-refractivity contribution in [2.45, 2.75) is 31.6 Å². The Labute approximate surface area is 81.2 Å². The number of nitrogens with two attached hydrogens (primary N) is 1. The van der Waals surface area contributed by atoms with Gasteiger partial charge in [0.15, 0.2) is 5.13 Å². The molecule has 13 heavy (non-hydrogen) atoms. The molecule has 0 radical (unpaired) electrons. The van der Waals surface area contributed by atoms with E-state index in [-0.39, 0.29) is 5.92 Å². The molecule has 0 bridgehead atoms. The van der Waals surface area contributed by atoms with Gasteiger partial charge in [0, 0.05) is 4.88 Å². The van der Waals surface area contributed by atoms with Gasteiger partial charge in [-0.15, -0.1) is 11.3 Å². The van der Waals surface area contributed by atoms with Crippen molar-refractivity contribution in [3.05, 3.63) is 10.6 Å². The van der Waals surface area contributed by atoms with E-state index in [1.54, 1.807) is 0 Å². The van der Waals surface area contributed by atoms with Crippen LogP contribution in [0.1, 0.15) is 35.8 Å². The van der Waals surface area contributed by atoms with Crippen molar-refractivity contribution in [3.8, 4) is 6.07 Å². The molecule has 1 heterocycles. The van der Waals surface area contributed by atoms with Crippen molar-refractivity contribution in [2.75, 3.05) is 5.73 Å². The lowest BCUT2D eigenvalue weighted by molar-refractivity contribution is 0.677. The summed E-state index contributed by atoms with van der Waals surface area (Å²) in [6, 6.07) is 2.33. The maximum Gasteiger partial charge on any atom is 0.180 e. The highest BCUT2D eigenvalue weighted by Crippen LogP contribution is 2.34. The van der Waals surface area contributed by atoms with Gasteiger partial charge in [-0.05, 0) is 19.3 Å².